The molecule has 18 atom stereocenters. The van der Waals surface area contributed by atoms with Crippen LogP contribution in [0.2, 0.25) is 0 Å². The molecule has 0 aromatic carbocycles. The van der Waals surface area contributed by atoms with Gasteiger partial charge in [0.05, 0.1) is 202 Å². The van der Waals surface area contributed by atoms with Gasteiger partial charge in [0.25, 0.3) is 8.53 Å². The number of Topliss-reactive ketones (excluding diaryl/α,β-unsaturated/α-hetero) is 4. The molecule has 0 aliphatic carbocycles. The van der Waals surface area contributed by atoms with Gasteiger partial charge in [0.2, 0.25) is 11.8 Å². The van der Waals surface area contributed by atoms with Gasteiger partial charge in [-0.05, 0) is 115 Å². The summed E-state index contributed by atoms with van der Waals surface area (Å²) in [4.78, 5) is 114. The molecule has 0 aromatic rings. The highest BCUT2D eigenvalue weighted by Crippen LogP contribution is 2.48. The lowest BCUT2D eigenvalue weighted by Gasteiger charge is -2.43. The molecule has 0 aromatic heterocycles. The Morgan fingerprint density at radius 1 is 0.357 bits per heavy atom. The summed E-state index contributed by atoms with van der Waals surface area (Å²) in [5.41, 5.74) is -1.02. The molecule has 832 valence electrons. The monoisotopic (exact) mass is 2070 g/mol. The summed E-state index contributed by atoms with van der Waals surface area (Å²) in [5, 5.41) is 15.1. The fraction of sp³-hybridized carbons (Fsp3) is 0.903. The maximum atomic E-state index is 14.5. The van der Waals surface area contributed by atoms with E-state index in [9.17, 15) is 48.4 Å². The zero-order valence-corrected chi connectivity index (χ0v) is 90.9. The van der Waals surface area contributed by atoms with Crippen LogP contribution in [-0.4, -0.2) is 370 Å². The van der Waals surface area contributed by atoms with Crippen LogP contribution in [-0.2, 0) is 166 Å². The first-order valence-electron chi connectivity index (χ1n) is 52.5. The Morgan fingerprint density at radius 3 is 0.958 bits per heavy atom. The average molecular weight is 2070 g/mol. The van der Waals surface area contributed by atoms with E-state index >= 15 is 0 Å². The summed E-state index contributed by atoms with van der Waals surface area (Å²) in [6.07, 6.45) is 2.38. The predicted octanol–water partition coefficient (Wildman–Crippen LogP) is 11.7. The number of nitrogens with one attached hydrogen (secondary N) is 2. The van der Waals surface area contributed by atoms with E-state index < -0.39 is 50.9 Å². The van der Waals surface area contributed by atoms with Gasteiger partial charge in [0.15, 0.2) is 18.9 Å². The molecule has 0 spiro atoms. The van der Waals surface area contributed by atoms with Gasteiger partial charge in [-0.25, -0.2) is 4.67 Å². The van der Waals surface area contributed by atoms with Crippen LogP contribution in [0.15, 0.2) is 0 Å². The molecule has 0 radical (unpaired) electrons. The van der Waals surface area contributed by atoms with Crippen molar-refractivity contribution in [2.45, 2.75) is 295 Å². The third kappa shape index (κ3) is 61.8. The molecule has 40 heteroatoms. The van der Waals surface area contributed by atoms with E-state index in [-0.39, 0.29) is 257 Å². The van der Waals surface area contributed by atoms with Gasteiger partial charge in [-0.15, -0.1) is 0 Å². The minimum absolute atomic E-state index is 0.0193. The van der Waals surface area contributed by atoms with Crippen molar-refractivity contribution < 1.29 is 166 Å². The quantitative estimate of drug-likeness (QED) is 0.0247. The number of hydrogen-bond donors (Lipinski definition) is 2. The third-order valence-electron chi connectivity index (χ3n) is 25.6. The van der Waals surface area contributed by atoms with Crippen LogP contribution in [0.5, 0.6) is 0 Å². The van der Waals surface area contributed by atoms with Crippen LogP contribution >= 0.6 is 8.53 Å². The van der Waals surface area contributed by atoms with Crippen molar-refractivity contribution in [1.29, 1.82) is 5.26 Å². The number of esters is 3. The van der Waals surface area contributed by atoms with E-state index in [0.29, 0.717) is 234 Å². The fourth-order valence-corrected chi connectivity index (χ4v) is 17.8. The van der Waals surface area contributed by atoms with E-state index in [4.69, 9.17) is 123 Å². The predicted molar refractivity (Wildman–Crippen MR) is 531 cm³/mol. The van der Waals surface area contributed by atoms with Crippen LogP contribution < -0.4 is 10.6 Å². The molecular formula is C103H185N4O35P. The zero-order chi connectivity index (χ0) is 105. The van der Waals surface area contributed by atoms with Gasteiger partial charge in [-0.2, -0.15) is 5.26 Å². The van der Waals surface area contributed by atoms with Crippen molar-refractivity contribution >= 4 is 61.4 Å². The third-order valence-corrected chi connectivity index (χ3v) is 27.9. The molecule has 18 unspecified atom stereocenters. The number of amides is 2. The van der Waals surface area contributed by atoms with Gasteiger partial charge in [-0.3, -0.25) is 43.2 Å². The van der Waals surface area contributed by atoms with Crippen molar-refractivity contribution in [1.82, 2.24) is 15.3 Å². The number of nitriles is 1. The van der Waals surface area contributed by atoms with E-state index in [2.05, 4.69) is 79.0 Å². The second-order valence-corrected chi connectivity index (χ2v) is 39.4. The molecule has 0 saturated carbocycles. The molecule has 0 bridgehead atoms. The summed E-state index contributed by atoms with van der Waals surface area (Å²) >= 11 is 0. The maximum Gasteiger partial charge on any atom is 0.302 e. The Hall–Kier alpha value is -5.01. The second-order valence-electron chi connectivity index (χ2n) is 38.0. The van der Waals surface area contributed by atoms with Crippen LogP contribution in [0.25, 0.3) is 0 Å². The number of rotatable bonds is 93. The first-order chi connectivity index (χ1) is 68.8. The van der Waals surface area contributed by atoms with Gasteiger partial charge >= 0.3 is 17.9 Å². The standard InChI is InChI=1S/C103H185N4O35P/c1-19-97(115)106-98(86(15)142-143(138-46-24-35-104)107(75(2)3)76(4)5)99(116)105-36-20-28-93(114)68-103(72-129-43-25-40-117-47-32-90(111)29-21-37-120-50-53-123-56-59-126-62-65-132-100-83(12)77(6)80(9)94(139-100)69-135-87(16)108,73-130-44-26-41-118-48-33-91(112)30-22-38-121-51-54-124-57-60-127-63-66-133-101-84(13)78(7)81(10)95(140-101)70-136-88(17)109)74-131-45-27-42-119-49-34-92(113)31-23-39-122-52-55-125-58-61-128-64-67-134-102-85(14)79(8)82(11)96(141-102)71-137-89(18)110/h75-86,94-96,98,100-102H,19-34,36-74H2,1-18H3,(H,105,116)(H,106,115). The van der Waals surface area contributed by atoms with E-state index in [1.807, 2.05) is 32.4 Å². The summed E-state index contributed by atoms with van der Waals surface area (Å²) in [7, 11) is -1.77. The van der Waals surface area contributed by atoms with E-state index in [1.165, 1.54) is 20.8 Å². The van der Waals surface area contributed by atoms with Gasteiger partial charge in [0.1, 0.15) is 49.0 Å². The Balaban J connectivity index is 1.56. The molecule has 39 nitrogen and oxygen atoms in total. The van der Waals surface area contributed by atoms with E-state index in [1.54, 1.807) is 13.8 Å². The Kier molecular flexibility index (Phi) is 76.4. The highest BCUT2D eigenvalue weighted by Gasteiger charge is 2.44. The SMILES string of the molecule is CCC(=O)NC(C(=O)NCCCC(=O)CC(COCCCOCCC(=O)CCCOCCOCCOCCOC1OC(COC(C)=O)C(C)C(C)C1C)(COCCCOCCC(=O)CCCOCCOCCOCCOC1OC(COC(C)=O)C(C)C(C)C1C)COCCCOCCC(=O)CCCOCCOCCOCCOC1OC(COC(C)=O)C(C)C(C)C1C)C(C)OP(OCCC#N)N(C(C)C)C(C)C. The summed E-state index contributed by atoms with van der Waals surface area (Å²) in [6.45, 7) is 45.5. The van der Waals surface area contributed by atoms with Gasteiger partial charge in [0, 0.05) is 180 Å². The fourth-order valence-electron chi connectivity index (χ4n) is 16.1. The molecule has 3 aliphatic rings. The van der Waals surface area contributed by atoms with Gasteiger partial charge in [-0.1, -0.05) is 69.2 Å². The molecule has 3 aliphatic heterocycles. The lowest BCUT2D eigenvalue weighted by molar-refractivity contribution is -0.258. The number of hydrogen-bond acceptors (Lipinski definition) is 37. The zero-order valence-electron chi connectivity index (χ0n) is 90.0. The summed E-state index contributed by atoms with van der Waals surface area (Å²) in [5.74, 6) is 0.110. The highest BCUT2D eigenvalue weighted by molar-refractivity contribution is 7.44. The molecule has 3 rings (SSSR count). The van der Waals surface area contributed by atoms with Crippen molar-refractivity contribution in [3.8, 4) is 6.07 Å². The molecule has 2 amide bonds. The van der Waals surface area contributed by atoms with Crippen LogP contribution in [0.1, 0.15) is 234 Å². The van der Waals surface area contributed by atoms with Crippen molar-refractivity contribution in [2.24, 2.45) is 58.7 Å². The topological polar surface area (TPSA) is 445 Å². The largest absolute Gasteiger partial charge is 0.463 e. The molecule has 143 heavy (non-hydrogen) atoms. The van der Waals surface area contributed by atoms with Crippen molar-refractivity contribution in [3.05, 3.63) is 0 Å². The first-order valence-corrected chi connectivity index (χ1v) is 53.7. The molecular weight excluding hydrogens is 1880 g/mol. The maximum absolute atomic E-state index is 14.5. The number of ketones is 4. The Labute approximate surface area is 854 Å². The smallest absolute Gasteiger partial charge is 0.302 e. The lowest BCUT2D eigenvalue weighted by Crippen LogP contribution is -2.53. The van der Waals surface area contributed by atoms with Gasteiger partial charge < -0.3 is 133 Å². The molecule has 3 heterocycles. The minimum Gasteiger partial charge on any atom is -0.463 e. The number of nitrogens with zero attached hydrogens (tertiary/aromatic N) is 2. The molecule has 3 saturated heterocycles. The van der Waals surface area contributed by atoms with Crippen molar-refractivity contribution in [2.75, 3.05) is 251 Å². The Bertz CT molecular complexity index is 3110. The normalized spacial score (nSPS) is 22.4. The van der Waals surface area contributed by atoms with Crippen LogP contribution in [0.4, 0.5) is 0 Å². The van der Waals surface area contributed by atoms with Crippen molar-refractivity contribution in [3.63, 3.8) is 0 Å². The first kappa shape index (κ1) is 132. The number of carbonyl (C=O) groups excluding carboxylic acids is 9. The van der Waals surface area contributed by atoms with E-state index in [0.717, 1.165) is 0 Å². The summed E-state index contributed by atoms with van der Waals surface area (Å²) in [6, 6.07) is 0.931. The summed E-state index contributed by atoms with van der Waals surface area (Å²) < 4.78 is 155. The Morgan fingerprint density at radius 2 is 0.650 bits per heavy atom. The number of carbonyl (C=O) groups is 9. The second kappa shape index (κ2) is 82.7. The number of ether oxygens (including phenoxy) is 24. The highest BCUT2D eigenvalue weighted by atomic mass is 31.2. The molecule has 3 fully saturated rings. The lowest BCUT2D eigenvalue weighted by atomic mass is 9.79. The molecule has 2 N–H and O–H groups in total. The van der Waals surface area contributed by atoms with Crippen LogP contribution in [0.3, 0.4) is 0 Å². The minimum atomic E-state index is -1.77. The van der Waals surface area contributed by atoms with Crippen LogP contribution in [0, 0.1) is 70.0 Å². The average Bonchev–Trinajstić information content (AvgIpc) is 0.826.